The summed E-state index contributed by atoms with van der Waals surface area (Å²) in [6, 6.07) is 5.99. The van der Waals surface area contributed by atoms with Crippen molar-refractivity contribution in [2.45, 2.75) is 13.3 Å². The van der Waals surface area contributed by atoms with Gasteiger partial charge in [0.15, 0.2) is 5.96 Å². The minimum absolute atomic E-state index is 0. The van der Waals surface area contributed by atoms with Crippen molar-refractivity contribution in [3.63, 3.8) is 0 Å². The predicted octanol–water partition coefficient (Wildman–Crippen LogP) is 1.58. The fourth-order valence-electron chi connectivity index (χ4n) is 1.56. The maximum atomic E-state index is 13.0. The van der Waals surface area contributed by atoms with Crippen LogP contribution in [0.25, 0.3) is 0 Å². The molecule has 0 aromatic heterocycles. The van der Waals surface area contributed by atoms with Gasteiger partial charge in [0.05, 0.1) is 13.0 Å². The van der Waals surface area contributed by atoms with Crippen LogP contribution in [-0.4, -0.2) is 31.5 Å². The Morgan fingerprint density at radius 1 is 1.36 bits per heavy atom. The zero-order chi connectivity index (χ0) is 15.7. The zero-order valence-electron chi connectivity index (χ0n) is 12.6. The number of carbonyl (C=O) groups is 1. The third-order valence-electron chi connectivity index (χ3n) is 2.53. The fourth-order valence-corrected chi connectivity index (χ4v) is 1.56. The van der Waals surface area contributed by atoms with E-state index in [2.05, 4.69) is 22.2 Å². The van der Waals surface area contributed by atoms with Crippen LogP contribution in [0.15, 0.2) is 41.4 Å². The Bertz CT molecular complexity index is 534. The van der Waals surface area contributed by atoms with Crippen molar-refractivity contribution >= 4 is 35.8 Å². The minimum atomic E-state index is -0.344. The van der Waals surface area contributed by atoms with E-state index >= 15 is 0 Å². The Morgan fingerprint density at radius 3 is 2.68 bits per heavy atom. The standard InChI is InChI=1S/C15H21FN4O.HI/c1-11(2)10-20-15(17)19-7-6-18-14(21)9-12-4-3-5-13(16)8-12;/h3-5,8H,1,6-7,9-10H2,2H3,(H,18,21)(H3,17,19,20);1H. The van der Waals surface area contributed by atoms with Crippen molar-refractivity contribution in [2.24, 2.45) is 10.7 Å². The number of guanidine groups is 1. The van der Waals surface area contributed by atoms with Crippen molar-refractivity contribution in [1.29, 1.82) is 0 Å². The van der Waals surface area contributed by atoms with Gasteiger partial charge >= 0.3 is 0 Å². The SMILES string of the molecule is C=C(C)CN=C(N)NCCNC(=O)Cc1cccc(F)c1.I. The first-order valence-electron chi connectivity index (χ1n) is 6.66. The highest BCUT2D eigenvalue weighted by Gasteiger charge is 2.03. The minimum Gasteiger partial charge on any atom is -0.370 e. The maximum Gasteiger partial charge on any atom is 0.224 e. The maximum absolute atomic E-state index is 13.0. The summed E-state index contributed by atoms with van der Waals surface area (Å²) in [6.07, 6.45) is 0.150. The smallest absolute Gasteiger partial charge is 0.224 e. The quantitative estimate of drug-likeness (QED) is 0.206. The van der Waals surface area contributed by atoms with E-state index in [1.807, 2.05) is 6.92 Å². The number of carbonyl (C=O) groups excluding carboxylic acids is 1. The van der Waals surface area contributed by atoms with Crippen LogP contribution in [0.5, 0.6) is 0 Å². The summed E-state index contributed by atoms with van der Waals surface area (Å²) in [5.74, 6) is -0.194. The van der Waals surface area contributed by atoms with Gasteiger partial charge in [0.2, 0.25) is 5.91 Å². The highest BCUT2D eigenvalue weighted by Crippen LogP contribution is 2.03. The van der Waals surface area contributed by atoms with Crippen molar-refractivity contribution in [1.82, 2.24) is 10.6 Å². The highest BCUT2D eigenvalue weighted by molar-refractivity contribution is 14.0. The average Bonchev–Trinajstić information content (AvgIpc) is 2.41. The molecule has 122 valence electrons. The molecular formula is C15H22FIN4O. The van der Waals surface area contributed by atoms with Gasteiger partial charge in [0, 0.05) is 13.1 Å². The van der Waals surface area contributed by atoms with Gasteiger partial charge in [0.1, 0.15) is 5.82 Å². The molecule has 0 unspecified atom stereocenters. The molecule has 0 radical (unpaired) electrons. The molecule has 1 aromatic rings. The van der Waals surface area contributed by atoms with Gasteiger partial charge in [-0.1, -0.05) is 24.3 Å². The van der Waals surface area contributed by atoms with Crippen LogP contribution in [0.1, 0.15) is 12.5 Å². The number of hydrogen-bond donors (Lipinski definition) is 3. The lowest BCUT2D eigenvalue weighted by Crippen LogP contribution is -2.38. The molecule has 4 N–H and O–H groups in total. The number of nitrogens with one attached hydrogen (secondary N) is 2. The molecule has 0 spiro atoms. The molecule has 5 nitrogen and oxygen atoms in total. The van der Waals surface area contributed by atoms with Gasteiger partial charge in [-0.05, 0) is 24.6 Å². The number of rotatable bonds is 7. The Labute approximate surface area is 147 Å². The molecule has 0 heterocycles. The van der Waals surface area contributed by atoms with Gasteiger partial charge in [-0.2, -0.15) is 0 Å². The second-order valence-corrected chi connectivity index (χ2v) is 4.74. The largest absolute Gasteiger partial charge is 0.370 e. The third-order valence-corrected chi connectivity index (χ3v) is 2.53. The van der Waals surface area contributed by atoms with Crippen molar-refractivity contribution < 1.29 is 9.18 Å². The second kappa shape index (κ2) is 11.0. The lowest BCUT2D eigenvalue weighted by atomic mass is 10.1. The Balaban J connectivity index is 0.00000441. The molecule has 0 aliphatic rings. The van der Waals surface area contributed by atoms with Crippen molar-refractivity contribution in [3.8, 4) is 0 Å². The molecule has 1 aromatic carbocycles. The van der Waals surface area contributed by atoms with E-state index in [4.69, 9.17) is 5.73 Å². The Kier molecular flexibility index (Phi) is 10.2. The van der Waals surface area contributed by atoms with E-state index in [1.165, 1.54) is 12.1 Å². The molecule has 0 saturated carbocycles. The number of benzene rings is 1. The van der Waals surface area contributed by atoms with Gasteiger partial charge < -0.3 is 16.4 Å². The van der Waals surface area contributed by atoms with Gasteiger partial charge in [-0.3, -0.25) is 4.79 Å². The summed E-state index contributed by atoms with van der Waals surface area (Å²) in [5.41, 5.74) is 7.18. The van der Waals surface area contributed by atoms with Crippen molar-refractivity contribution in [2.75, 3.05) is 19.6 Å². The summed E-state index contributed by atoms with van der Waals surface area (Å²) in [6.45, 7) is 6.95. The summed E-state index contributed by atoms with van der Waals surface area (Å²) in [4.78, 5) is 15.7. The van der Waals surface area contributed by atoms with Gasteiger partial charge in [0.25, 0.3) is 0 Å². The zero-order valence-corrected chi connectivity index (χ0v) is 14.9. The number of nitrogens with zero attached hydrogens (tertiary/aromatic N) is 1. The lowest BCUT2D eigenvalue weighted by molar-refractivity contribution is -0.120. The number of aliphatic imine (C=N–C) groups is 1. The lowest BCUT2D eigenvalue weighted by Gasteiger charge is -2.07. The summed E-state index contributed by atoms with van der Waals surface area (Å²) >= 11 is 0. The molecule has 0 aliphatic heterocycles. The van der Waals surface area contributed by atoms with Gasteiger partial charge in [-0.15, -0.1) is 24.0 Å². The fraction of sp³-hybridized carbons (Fsp3) is 0.333. The highest BCUT2D eigenvalue weighted by atomic mass is 127. The monoisotopic (exact) mass is 420 g/mol. The van der Waals surface area contributed by atoms with E-state index in [9.17, 15) is 9.18 Å². The van der Waals surface area contributed by atoms with E-state index in [-0.39, 0.29) is 42.1 Å². The van der Waals surface area contributed by atoms with Crippen LogP contribution >= 0.6 is 24.0 Å². The number of halogens is 2. The van der Waals surface area contributed by atoms with E-state index in [0.717, 1.165) is 5.57 Å². The van der Waals surface area contributed by atoms with Crippen LogP contribution in [0.3, 0.4) is 0 Å². The molecule has 7 heteroatoms. The van der Waals surface area contributed by atoms with E-state index in [1.54, 1.807) is 12.1 Å². The molecule has 1 amide bonds. The van der Waals surface area contributed by atoms with E-state index in [0.29, 0.717) is 31.2 Å². The van der Waals surface area contributed by atoms with Crippen LogP contribution in [0, 0.1) is 5.82 Å². The molecule has 0 atom stereocenters. The Hall–Kier alpha value is -1.64. The number of nitrogens with two attached hydrogens (primary N) is 1. The molecule has 0 bridgehead atoms. The molecule has 1 rings (SSSR count). The second-order valence-electron chi connectivity index (χ2n) is 4.74. The number of hydrogen-bond acceptors (Lipinski definition) is 2. The van der Waals surface area contributed by atoms with Crippen LogP contribution in [0.2, 0.25) is 0 Å². The van der Waals surface area contributed by atoms with Crippen molar-refractivity contribution in [3.05, 3.63) is 47.8 Å². The average molecular weight is 420 g/mol. The first-order valence-corrected chi connectivity index (χ1v) is 6.66. The molecule has 0 fully saturated rings. The Morgan fingerprint density at radius 2 is 2.05 bits per heavy atom. The summed E-state index contributed by atoms with van der Waals surface area (Å²) in [7, 11) is 0. The topological polar surface area (TPSA) is 79.5 Å². The summed E-state index contributed by atoms with van der Waals surface area (Å²) in [5, 5.41) is 5.60. The first-order chi connectivity index (χ1) is 9.97. The molecule has 0 aliphatic carbocycles. The summed E-state index contributed by atoms with van der Waals surface area (Å²) < 4.78 is 13.0. The van der Waals surface area contributed by atoms with Crippen LogP contribution < -0.4 is 16.4 Å². The predicted molar refractivity (Wildman–Crippen MR) is 97.8 cm³/mol. The van der Waals surface area contributed by atoms with Crippen LogP contribution in [-0.2, 0) is 11.2 Å². The van der Waals surface area contributed by atoms with E-state index < -0.39 is 0 Å². The third kappa shape index (κ3) is 9.32. The van der Waals surface area contributed by atoms with Gasteiger partial charge in [-0.25, -0.2) is 9.38 Å². The molecular weight excluding hydrogens is 398 g/mol. The van der Waals surface area contributed by atoms with Crippen LogP contribution in [0.4, 0.5) is 4.39 Å². The first kappa shape index (κ1) is 20.4. The normalized spacial score (nSPS) is 10.5. The molecule has 0 saturated heterocycles. The number of amides is 1. The molecule has 22 heavy (non-hydrogen) atoms.